The molecule has 0 unspecified atom stereocenters. The first kappa shape index (κ1) is 19.4. The first-order chi connectivity index (χ1) is 12.0. The summed E-state index contributed by atoms with van der Waals surface area (Å²) in [5, 5.41) is 8.80. The molecule has 0 aliphatic carbocycles. The molecule has 0 bridgehead atoms. The lowest BCUT2D eigenvalue weighted by Gasteiger charge is -2.09. The zero-order valence-corrected chi connectivity index (χ0v) is 15.8. The van der Waals surface area contributed by atoms with Gasteiger partial charge in [-0.15, -0.1) is 11.8 Å². The van der Waals surface area contributed by atoms with Crippen molar-refractivity contribution >= 4 is 52.6 Å². The predicted molar refractivity (Wildman–Crippen MR) is 104 cm³/mol. The van der Waals surface area contributed by atoms with Gasteiger partial charge in [0, 0.05) is 29.2 Å². The van der Waals surface area contributed by atoms with Crippen molar-refractivity contribution in [3.05, 3.63) is 58.1 Å². The fourth-order valence-electron chi connectivity index (χ4n) is 1.94. The Hall–Kier alpha value is -1.89. The van der Waals surface area contributed by atoms with E-state index in [0.29, 0.717) is 27.8 Å². The highest BCUT2D eigenvalue weighted by Gasteiger charge is 2.08. The second-order valence-electron chi connectivity index (χ2n) is 4.99. The molecule has 0 aromatic heterocycles. The van der Waals surface area contributed by atoms with Crippen molar-refractivity contribution in [3.8, 4) is 0 Å². The molecule has 0 radical (unpaired) electrons. The summed E-state index contributed by atoms with van der Waals surface area (Å²) in [6, 6.07) is 11.8. The number of anilines is 1. The van der Waals surface area contributed by atoms with Crippen LogP contribution in [-0.2, 0) is 0 Å². The van der Waals surface area contributed by atoms with E-state index < -0.39 is 0 Å². The standard InChI is InChI=1S/C17H17Cl2N3O2S/c1-25-13-5-3-12(4-6-13)22-17(24)21-9-8-20-16(23)11-2-7-14(18)15(19)10-11/h2-7,10H,8-9H2,1H3,(H,20,23)(H2,21,22,24). The van der Waals surface area contributed by atoms with Crippen molar-refractivity contribution in [2.45, 2.75) is 4.90 Å². The van der Waals surface area contributed by atoms with Crippen molar-refractivity contribution < 1.29 is 9.59 Å². The third-order valence-electron chi connectivity index (χ3n) is 3.23. The van der Waals surface area contributed by atoms with Crippen molar-refractivity contribution in [3.63, 3.8) is 0 Å². The lowest BCUT2D eigenvalue weighted by atomic mass is 10.2. The Labute approximate surface area is 160 Å². The van der Waals surface area contributed by atoms with Crippen molar-refractivity contribution in [1.82, 2.24) is 10.6 Å². The van der Waals surface area contributed by atoms with Crippen LogP contribution >= 0.6 is 35.0 Å². The summed E-state index contributed by atoms with van der Waals surface area (Å²) in [5.74, 6) is -0.284. The molecule has 0 aliphatic rings. The Balaban J connectivity index is 1.71. The van der Waals surface area contributed by atoms with Crippen LogP contribution in [0.1, 0.15) is 10.4 Å². The molecule has 132 valence electrons. The maximum Gasteiger partial charge on any atom is 0.319 e. The second-order valence-corrected chi connectivity index (χ2v) is 6.69. The Bertz CT molecular complexity index is 754. The van der Waals surface area contributed by atoms with Crippen LogP contribution in [-0.4, -0.2) is 31.3 Å². The Kier molecular flexibility index (Phi) is 7.43. The molecule has 2 aromatic rings. The van der Waals surface area contributed by atoms with Gasteiger partial charge >= 0.3 is 6.03 Å². The van der Waals surface area contributed by atoms with Gasteiger partial charge in [-0.25, -0.2) is 4.79 Å². The second kappa shape index (κ2) is 9.56. The molecule has 0 heterocycles. The minimum atomic E-state index is -0.333. The van der Waals surface area contributed by atoms with Gasteiger partial charge in [-0.1, -0.05) is 23.2 Å². The highest BCUT2D eigenvalue weighted by atomic mass is 35.5. The maximum absolute atomic E-state index is 12.0. The van der Waals surface area contributed by atoms with Gasteiger partial charge in [-0.2, -0.15) is 0 Å². The fourth-order valence-corrected chi connectivity index (χ4v) is 2.65. The van der Waals surface area contributed by atoms with Gasteiger partial charge in [-0.05, 0) is 48.7 Å². The number of carbonyl (C=O) groups is 2. The number of benzene rings is 2. The van der Waals surface area contributed by atoms with E-state index in [0.717, 1.165) is 4.90 Å². The van der Waals surface area contributed by atoms with E-state index in [-0.39, 0.29) is 18.5 Å². The average molecular weight is 398 g/mol. The van der Waals surface area contributed by atoms with Gasteiger partial charge in [0.05, 0.1) is 10.0 Å². The van der Waals surface area contributed by atoms with Crippen LogP contribution in [0.2, 0.25) is 10.0 Å². The molecule has 8 heteroatoms. The van der Waals surface area contributed by atoms with Crippen molar-refractivity contribution in [2.24, 2.45) is 0 Å². The third kappa shape index (κ3) is 6.16. The lowest BCUT2D eigenvalue weighted by Crippen LogP contribution is -2.36. The van der Waals surface area contributed by atoms with Crippen LogP contribution in [0.4, 0.5) is 10.5 Å². The van der Waals surface area contributed by atoms with E-state index in [1.54, 1.807) is 23.9 Å². The van der Waals surface area contributed by atoms with Crippen molar-refractivity contribution in [1.29, 1.82) is 0 Å². The number of thioether (sulfide) groups is 1. The smallest absolute Gasteiger partial charge is 0.319 e. The number of carbonyl (C=O) groups excluding carboxylic acids is 2. The number of halogens is 2. The largest absolute Gasteiger partial charge is 0.350 e. The maximum atomic E-state index is 12.0. The molecule has 0 saturated carbocycles. The summed E-state index contributed by atoms with van der Waals surface area (Å²) in [4.78, 5) is 24.9. The monoisotopic (exact) mass is 397 g/mol. The predicted octanol–water partition coefficient (Wildman–Crippen LogP) is 4.27. The van der Waals surface area contributed by atoms with E-state index in [1.807, 2.05) is 30.5 Å². The SMILES string of the molecule is CSc1ccc(NC(=O)NCCNC(=O)c2ccc(Cl)c(Cl)c2)cc1. The molecule has 0 spiro atoms. The molecular weight excluding hydrogens is 381 g/mol. The molecular formula is C17H17Cl2N3O2S. The van der Waals surface area contributed by atoms with E-state index in [1.165, 1.54) is 6.07 Å². The van der Waals surface area contributed by atoms with Gasteiger partial charge in [0.2, 0.25) is 0 Å². The number of hydrogen-bond donors (Lipinski definition) is 3. The quantitative estimate of drug-likeness (QED) is 0.503. The molecule has 25 heavy (non-hydrogen) atoms. The van der Waals surface area contributed by atoms with Gasteiger partial charge < -0.3 is 16.0 Å². The molecule has 0 aliphatic heterocycles. The minimum absolute atomic E-state index is 0.284. The molecule has 2 rings (SSSR count). The van der Waals surface area contributed by atoms with Crippen LogP contribution in [0.25, 0.3) is 0 Å². The van der Waals surface area contributed by atoms with Gasteiger partial charge in [0.25, 0.3) is 5.91 Å². The summed E-state index contributed by atoms with van der Waals surface area (Å²) in [6.07, 6.45) is 1.99. The summed E-state index contributed by atoms with van der Waals surface area (Å²) in [6.45, 7) is 0.583. The highest BCUT2D eigenvalue weighted by Crippen LogP contribution is 2.22. The van der Waals surface area contributed by atoms with Crippen LogP contribution < -0.4 is 16.0 Å². The first-order valence-corrected chi connectivity index (χ1v) is 9.40. The van der Waals surface area contributed by atoms with E-state index >= 15 is 0 Å². The van der Waals surface area contributed by atoms with Gasteiger partial charge in [0.15, 0.2) is 0 Å². The number of nitrogens with one attached hydrogen (secondary N) is 3. The molecule has 0 atom stereocenters. The zero-order chi connectivity index (χ0) is 18.2. The summed E-state index contributed by atoms with van der Waals surface area (Å²) in [7, 11) is 0. The average Bonchev–Trinajstić information content (AvgIpc) is 2.61. The lowest BCUT2D eigenvalue weighted by molar-refractivity contribution is 0.0954. The minimum Gasteiger partial charge on any atom is -0.350 e. The van der Waals surface area contributed by atoms with Gasteiger partial charge in [-0.3, -0.25) is 4.79 Å². The normalized spacial score (nSPS) is 10.2. The third-order valence-corrected chi connectivity index (χ3v) is 4.71. The summed E-state index contributed by atoms with van der Waals surface area (Å²) < 4.78 is 0. The summed E-state index contributed by atoms with van der Waals surface area (Å²) in [5.41, 5.74) is 1.11. The molecule has 2 aromatic carbocycles. The van der Waals surface area contributed by atoms with Crippen LogP contribution in [0, 0.1) is 0 Å². The molecule has 0 fully saturated rings. The fraction of sp³-hybridized carbons (Fsp3) is 0.176. The number of hydrogen-bond acceptors (Lipinski definition) is 3. The molecule has 3 amide bonds. The van der Waals surface area contributed by atoms with Crippen LogP contribution in [0.3, 0.4) is 0 Å². The highest BCUT2D eigenvalue weighted by molar-refractivity contribution is 7.98. The van der Waals surface area contributed by atoms with Crippen LogP contribution in [0.15, 0.2) is 47.4 Å². The topological polar surface area (TPSA) is 70.2 Å². The first-order valence-electron chi connectivity index (χ1n) is 7.42. The molecule has 0 saturated heterocycles. The number of rotatable bonds is 6. The number of amides is 3. The van der Waals surface area contributed by atoms with Gasteiger partial charge in [0.1, 0.15) is 0 Å². The molecule has 5 nitrogen and oxygen atoms in total. The van der Waals surface area contributed by atoms with Crippen LogP contribution in [0.5, 0.6) is 0 Å². The Morgan fingerprint density at radius 2 is 1.64 bits per heavy atom. The van der Waals surface area contributed by atoms with Crippen molar-refractivity contribution in [2.75, 3.05) is 24.7 Å². The number of urea groups is 1. The Morgan fingerprint density at radius 3 is 2.28 bits per heavy atom. The van der Waals surface area contributed by atoms with E-state index in [4.69, 9.17) is 23.2 Å². The van der Waals surface area contributed by atoms with E-state index in [2.05, 4.69) is 16.0 Å². The summed E-state index contributed by atoms with van der Waals surface area (Å²) >= 11 is 13.3. The van der Waals surface area contributed by atoms with E-state index in [9.17, 15) is 9.59 Å². The Morgan fingerprint density at radius 1 is 0.960 bits per heavy atom. The zero-order valence-electron chi connectivity index (χ0n) is 13.4. The molecule has 3 N–H and O–H groups in total.